The first-order valence-electron chi connectivity index (χ1n) is 8.91. The summed E-state index contributed by atoms with van der Waals surface area (Å²) in [6.45, 7) is 3.36. The molecule has 0 aliphatic carbocycles. The smallest absolute Gasteiger partial charge is 0.317 e. The fourth-order valence-corrected chi connectivity index (χ4v) is 4.08. The fourth-order valence-electron chi connectivity index (χ4n) is 4.08. The van der Waals surface area contributed by atoms with Crippen LogP contribution in [-0.4, -0.2) is 58.5 Å². The van der Waals surface area contributed by atoms with E-state index >= 15 is 0 Å². The predicted octanol–water partition coefficient (Wildman–Crippen LogP) is 1.60. The van der Waals surface area contributed by atoms with E-state index in [2.05, 4.69) is 5.32 Å². The topological polar surface area (TPSA) is 90.0 Å². The van der Waals surface area contributed by atoms with E-state index in [1.165, 1.54) is 5.56 Å². The number of carbonyl (C=O) groups is 3. The average Bonchev–Trinajstić information content (AvgIpc) is 2.87. The van der Waals surface area contributed by atoms with Gasteiger partial charge in [0.2, 0.25) is 5.91 Å². The summed E-state index contributed by atoms with van der Waals surface area (Å²) in [6.07, 6.45) is 1.03. The zero-order chi connectivity index (χ0) is 18.9. The molecule has 140 valence electrons. The standard InChI is InChI=1S/C19H25N3O4/c1-13-3-5-14(6-4-13)12-20-18(26)22-9-7-19(8-10-22)15(17(24)25)11-16(23)21(19)2/h3-6,15H,7-12H2,1-2H3,(H,20,26)(H,24,25)/t15-/m1/s1. The van der Waals surface area contributed by atoms with Gasteiger partial charge in [0.05, 0.1) is 11.5 Å². The molecule has 2 fully saturated rings. The van der Waals surface area contributed by atoms with Crippen LogP contribution in [0.2, 0.25) is 0 Å². The maximum atomic E-state index is 12.4. The molecule has 1 spiro atoms. The zero-order valence-corrected chi connectivity index (χ0v) is 15.2. The summed E-state index contributed by atoms with van der Waals surface area (Å²) in [7, 11) is 1.68. The van der Waals surface area contributed by atoms with Crippen LogP contribution in [0.4, 0.5) is 4.79 Å². The maximum Gasteiger partial charge on any atom is 0.317 e. The Hall–Kier alpha value is -2.57. The summed E-state index contributed by atoms with van der Waals surface area (Å²) in [6, 6.07) is 7.82. The number of benzene rings is 1. The number of aliphatic carboxylic acids is 1. The van der Waals surface area contributed by atoms with Crippen molar-refractivity contribution in [2.45, 2.75) is 38.3 Å². The minimum Gasteiger partial charge on any atom is -0.481 e. The molecule has 3 rings (SSSR count). The molecule has 0 unspecified atom stereocenters. The number of rotatable bonds is 3. The molecule has 0 bridgehead atoms. The summed E-state index contributed by atoms with van der Waals surface area (Å²) in [4.78, 5) is 39.3. The van der Waals surface area contributed by atoms with Crippen LogP contribution in [0.1, 0.15) is 30.4 Å². The Morgan fingerprint density at radius 1 is 1.23 bits per heavy atom. The first-order valence-corrected chi connectivity index (χ1v) is 8.91. The molecule has 2 aliphatic rings. The van der Waals surface area contributed by atoms with Gasteiger partial charge < -0.3 is 20.2 Å². The van der Waals surface area contributed by atoms with Crippen LogP contribution in [0, 0.1) is 12.8 Å². The fraction of sp³-hybridized carbons (Fsp3) is 0.526. The number of aryl methyl sites for hydroxylation is 1. The van der Waals surface area contributed by atoms with E-state index in [0.29, 0.717) is 32.5 Å². The number of carbonyl (C=O) groups excluding carboxylic acids is 2. The number of hydrogen-bond donors (Lipinski definition) is 2. The molecule has 7 nitrogen and oxygen atoms in total. The highest BCUT2D eigenvalue weighted by Gasteiger charge is 2.55. The molecule has 3 amide bonds. The van der Waals surface area contributed by atoms with E-state index in [4.69, 9.17) is 0 Å². The molecule has 1 aromatic carbocycles. The van der Waals surface area contributed by atoms with E-state index in [1.54, 1.807) is 16.8 Å². The molecule has 2 N–H and O–H groups in total. The highest BCUT2D eigenvalue weighted by molar-refractivity contribution is 5.88. The second-order valence-electron chi connectivity index (χ2n) is 7.28. The lowest BCUT2D eigenvalue weighted by Gasteiger charge is -2.45. The van der Waals surface area contributed by atoms with Crippen molar-refractivity contribution in [1.29, 1.82) is 0 Å². The summed E-state index contributed by atoms with van der Waals surface area (Å²) in [5.41, 5.74) is 1.53. The normalized spacial score (nSPS) is 21.9. The van der Waals surface area contributed by atoms with Gasteiger partial charge in [0.1, 0.15) is 0 Å². The molecule has 26 heavy (non-hydrogen) atoms. The molecular weight excluding hydrogens is 334 g/mol. The van der Waals surface area contributed by atoms with Gasteiger partial charge in [-0.25, -0.2) is 4.79 Å². The van der Waals surface area contributed by atoms with E-state index in [9.17, 15) is 19.5 Å². The van der Waals surface area contributed by atoms with Gasteiger partial charge in [0.25, 0.3) is 0 Å². The number of carboxylic acids is 1. The quantitative estimate of drug-likeness (QED) is 0.858. The number of piperidine rings is 1. The summed E-state index contributed by atoms with van der Waals surface area (Å²) in [5.74, 6) is -1.76. The lowest BCUT2D eigenvalue weighted by atomic mass is 9.77. The number of urea groups is 1. The Morgan fingerprint density at radius 3 is 2.42 bits per heavy atom. The minimum absolute atomic E-state index is 0.0471. The molecule has 0 saturated carbocycles. The van der Waals surface area contributed by atoms with Crippen molar-refractivity contribution in [1.82, 2.24) is 15.1 Å². The number of amides is 3. The molecule has 2 aliphatic heterocycles. The molecule has 7 heteroatoms. The molecule has 0 aromatic heterocycles. The van der Waals surface area contributed by atoms with Crippen LogP contribution in [-0.2, 0) is 16.1 Å². The van der Waals surface area contributed by atoms with E-state index in [-0.39, 0.29) is 18.4 Å². The number of nitrogens with one attached hydrogen (secondary N) is 1. The Balaban J connectivity index is 1.59. The second kappa shape index (κ2) is 6.97. The SMILES string of the molecule is Cc1ccc(CNC(=O)N2CCC3(CC2)[C@@H](C(=O)O)CC(=O)N3C)cc1. The summed E-state index contributed by atoms with van der Waals surface area (Å²) in [5, 5.41) is 12.4. The molecule has 1 atom stereocenters. The Morgan fingerprint density at radius 2 is 1.85 bits per heavy atom. The van der Waals surface area contributed by atoms with Gasteiger partial charge in [0, 0.05) is 33.1 Å². The third kappa shape index (κ3) is 3.25. The van der Waals surface area contributed by atoms with Crippen LogP contribution < -0.4 is 5.32 Å². The number of likely N-dealkylation sites (tertiary alicyclic amines) is 2. The number of nitrogens with zero attached hydrogens (tertiary/aromatic N) is 2. The molecule has 2 heterocycles. The summed E-state index contributed by atoms with van der Waals surface area (Å²) < 4.78 is 0. The lowest BCUT2D eigenvalue weighted by molar-refractivity contribution is -0.145. The minimum atomic E-state index is -0.931. The monoisotopic (exact) mass is 359 g/mol. The van der Waals surface area contributed by atoms with Crippen LogP contribution in [0.15, 0.2) is 24.3 Å². The predicted molar refractivity (Wildman–Crippen MR) is 95.5 cm³/mol. The van der Waals surface area contributed by atoms with Gasteiger partial charge in [-0.15, -0.1) is 0 Å². The van der Waals surface area contributed by atoms with Crippen molar-refractivity contribution < 1.29 is 19.5 Å². The van der Waals surface area contributed by atoms with Crippen molar-refractivity contribution in [2.75, 3.05) is 20.1 Å². The van der Waals surface area contributed by atoms with Gasteiger partial charge in [-0.1, -0.05) is 29.8 Å². The maximum absolute atomic E-state index is 12.4. The first-order chi connectivity index (χ1) is 12.3. The molecular formula is C19H25N3O4. The van der Waals surface area contributed by atoms with Gasteiger partial charge in [0.15, 0.2) is 0 Å². The van der Waals surface area contributed by atoms with Crippen molar-refractivity contribution in [3.63, 3.8) is 0 Å². The molecule has 0 radical (unpaired) electrons. The van der Waals surface area contributed by atoms with E-state index < -0.39 is 17.4 Å². The lowest BCUT2D eigenvalue weighted by Crippen LogP contribution is -2.58. The van der Waals surface area contributed by atoms with Crippen LogP contribution in [0.25, 0.3) is 0 Å². The molecule has 2 saturated heterocycles. The Bertz CT molecular complexity index is 708. The third-order valence-corrected chi connectivity index (χ3v) is 5.85. The third-order valence-electron chi connectivity index (χ3n) is 5.85. The number of carboxylic acid groups (broad SMARTS) is 1. The van der Waals surface area contributed by atoms with Crippen molar-refractivity contribution >= 4 is 17.9 Å². The van der Waals surface area contributed by atoms with E-state index in [1.807, 2.05) is 31.2 Å². The molecule has 1 aromatic rings. The number of hydrogen-bond acceptors (Lipinski definition) is 3. The van der Waals surface area contributed by atoms with E-state index in [0.717, 1.165) is 5.56 Å². The van der Waals surface area contributed by atoms with Gasteiger partial charge in [-0.05, 0) is 25.3 Å². The van der Waals surface area contributed by atoms with Crippen molar-refractivity contribution in [3.8, 4) is 0 Å². The van der Waals surface area contributed by atoms with Crippen LogP contribution in [0.3, 0.4) is 0 Å². The highest BCUT2D eigenvalue weighted by atomic mass is 16.4. The van der Waals surface area contributed by atoms with Crippen LogP contribution in [0.5, 0.6) is 0 Å². The van der Waals surface area contributed by atoms with Crippen LogP contribution >= 0.6 is 0 Å². The van der Waals surface area contributed by atoms with Gasteiger partial charge in [-0.2, -0.15) is 0 Å². The summed E-state index contributed by atoms with van der Waals surface area (Å²) >= 11 is 0. The Kier molecular flexibility index (Phi) is 4.89. The first kappa shape index (κ1) is 18.2. The van der Waals surface area contributed by atoms with Crippen molar-refractivity contribution in [2.24, 2.45) is 5.92 Å². The van der Waals surface area contributed by atoms with Gasteiger partial charge >= 0.3 is 12.0 Å². The zero-order valence-electron chi connectivity index (χ0n) is 15.2. The van der Waals surface area contributed by atoms with Crippen molar-refractivity contribution in [3.05, 3.63) is 35.4 Å². The Labute approximate surface area is 153 Å². The van der Waals surface area contributed by atoms with Gasteiger partial charge in [-0.3, -0.25) is 9.59 Å². The average molecular weight is 359 g/mol. The highest BCUT2D eigenvalue weighted by Crippen LogP contribution is 2.42. The second-order valence-corrected chi connectivity index (χ2v) is 7.28. The largest absolute Gasteiger partial charge is 0.481 e.